The molecule has 5 N–H and O–H groups in total. The quantitative estimate of drug-likeness (QED) is 0.271. The number of nitrogens with one attached hydrogen (secondary N) is 1. The van der Waals surface area contributed by atoms with Gasteiger partial charge in [0.05, 0.1) is 6.61 Å². The maximum Gasteiger partial charge on any atom is 0.476 e. The maximum atomic E-state index is 10.3. The van der Waals surface area contributed by atoms with Crippen molar-refractivity contribution < 1.29 is 14.5 Å². The Kier molecular flexibility index (Phi) is 3.19. The highest BCUT2D eigenvalue weighted by Crippen LogP contribution is 1.64. The van der Waals surface area contributed by atoms with Crippen molar-refractivity contribution in [1.82, 2.24) is 0 Å². The highest BCUT2D eigenvalue weighted by atomic mass is 16.5. The lowest BCUT2D eigenvalue weighted by atomic mass is 10.9. The first-order valence-electron chi connectivity index (χ1n) is 2.48. The Bertz CT molecular complexity index is 128. The van der Waals surface area contributed by atoms with Crippen molar-refractivity contribution in [1.29, 1.82) is 0 Å². The molecule has 0 aliphatic rings. The van der Waals surface area contributed by atoms with Gasteiger partial charge in [-0.05, 0) is 6.92 Å². The van der Waals surface area contributed by atoms with Gasteiger partial charge in [0, 0.05) is 0 Å². The first-order chi connectivity index (χ1) is 4.16. The van der Waals surface area contributed by atoms with Crippen LogP contribution in [0.15, 0.2) is 0 Å². The van der Waals surface area contributed by atoms with Crippen LogP contribution in [0.3, 0.4) is 0 Å². The topological polar surface area (TPSA) is 92.3 Å². The molecule has 0 aromatic rings. The molecule has 0 aliphatic heterocycles. The average molecular weight is 132 g/mol. The third-order valence-electron chi connectivity index (χ3n) is 0.522. The van der Waals surface area contributed by atoms with E-state index in [1.54, 1.807) is 6.92 Å². The molecule has 0 fully saturated rings. The highest BCUT2D eigenvalue weighted by molar-refractivity contribution is 5.74. The Labute approximate surface area is 52.7 Å². The summed E-state index contributed by atoms with van der Waals surface area (Å²) < 4.78 is 4.42. The fourth-order valence-electron chi connectivity index (χ4n) is 0.285. The largest absolute Gasteiger partial charge is 0.476 e. The number of hydrogen-bond donors (Lipinski definition) is 3. The van der Waals surface area contributed by atoms with Gasteiger partial charge in [0.2, 0.25) is 0 Å². The third-order valence-corrected chi connectivity index (χ3v) is 0.522. The zero-order chi connectivity index (χ0) is 7.28. The van der Waals surface area contributed by atoms with Gasteiger partial charge >= 0.3 is 12.1 Å². The minimum absolute atomic E-state index is 0.159. The smallest absolute Gasteiger partial charge is 0.438 e. The maximum absolute atomic E-state index is 10.3. The second kappa shape index (κ2) is 3.71. The Balaban J connectivity index is 3.63. The highest BCUT2D eigenvalue weighted by Gasteiger charge is 1.98. The van der Waals surface area contributed by atoms with Crippen LogP contribution in [0.25, 0.3) is 0 Å². The molecule has 9 heavy (non-hydrogen) atoms. The summed E-state index contributed by atoms with van der Waals surface area (Å²) in [5.41, 5.74) is 9.81. The molecule has 1 amide bonds. The summed E-state index contributed by atoms with van der Waals surface area (Å²) >= 11 is 0. The van der Waals surface area contributed by atoms with E-state index in [0.29, 0.717) is 6.61 Å². The SMILES string of the molecule is CCOC(=O)[NH+]=C(N)N. The summed E-state index contributed by atoms with van der Waals surface area (Å²) in [6.07, 6.45) is -0.627. The first kappa shape index (κ1) is 7.74. The van der Waals surface area contributed by atoms with Crippen LogP contribution in [0.5, 0.6) is 0 Å². The van der Waals surface area contributed by atoms with Gasteiger partial charge in [-0.15, -0.1) is 0 Å². The van der Waals surface area contributed by atoms with Crippen molar-refractivity contribution in [2.45, 2.75) is 6.92 Å². The van der Waals surface area contributed by atoms with Crippen LogP contribution in [-0.2, 0) is 4.74 Å². The van der Waals surface area contributed by atoms with E-state index < -0.39 is 6.09 Å². The van der Waals surface area contributed by atoms with Crippen LogP contribution in [0.1, 0.15) is 6.92 Å². The Morgan fingerprint density at radius 2 is 2.22 bits per heavy atom. The standard InChI is InChI=1S/C4H9N3O2/c1-2-9-4(8)7-3(5)6/h2H2,1H3,(H4,5,6,7,8)/p+1. The minimum Gasteiger partial charge on any atom is -0.438 e. The van der Waals surface area contributed by atoms with E-state index in [1.807, 2.05) is 0 Å². The molecule has 0 heterocycles. The molecule has 0 radical (unpaired) electrons. The summed E-state index contributed by atoms with van der Waals surface area (Å²) in [4.78, 5) is 12.4. The Morgan fingerprint density at radius 3 is 2.56 bits per heavy atom. The molecule has 5 nitrogen and oxygen atoms in total. The van der Waals surface area contributed by atoms with E-state index in [1.165, 1.54) is 0 Å². The number of carbonyl (C=O) groups is 1. The van der Waals surface area contributed by atoms with Gasteiger partial charge in [-0.25, -0.2) is 4.79 Å². The molecule has 0 saturated heterocycles. The van der Waals surface area contributed by atoms with Gasteiger partial charge in [-0.3, -0.25) is 11.5 Å². The van der Waals surface area contributed by atoms with E-state index in [-0.39, 0.29) is 5.96 Å². The van der Waals surface area contributed by atoms with E-state index in [2.05, 4.69) is 9.73 Å². The summed E-state index contributed by atoms with van der Waals surface area (Å²) in [6.45, 7) is 1.99. The summed E-state index contributed by atoms with van der Waals surface area (Å²) in [6, 6.07) is 0. The van der Waals surface area contributed by atoms with Crippen molar-refractivity contribution in [3.8, 4) is 0 Å². The average Bonchev–Trinajstić information content (AvgIpc) is 1.63. The molecule has 5 heteroatoms. The van der Waals surface area contributed by atoms with Crippen LogP contribution in [-0.4, -0.2) is 18.7 Å². The molecule has 0 aromatic heterocycles. The van der Waals surface area contributed by atoms with Crippen molar-refractivity contribution in [3.63, 3.8) is 0 Å². The predicted octanol–water partition coefficient (Wildman–Crippen LogP) is -2.50. The van der Waals surface area contributed by atoms with Crippen LogP contribution < -0.4 is 16.5 Å². The number of ether oxygens (including phenoxy) is 1. The van der Waals surface area contributed by atoms with E-state index >= 15 is 0 Å². The number of carbonyl (C=O) groups excluding carboxylic acids is 1. The molecule has 52 valence electrons. The zero-order valence-electron chi connectivity index (χ0n) is 5.18. The zero-order valence-corrected chi connectivity index (χ0v) is 5.18. The van der Waals surface area contributed by atoms with Crippen molar-refractivity contribution >= 4 is 12.1 Å². The van der Waals surface area contributed by atoms with E-state index in [4.69, 9.17) is 11.5 Å². The second-order valence-electron chi connectivity index (χ2n) is 1.30. The molecule has 0 unspecified atom stereocenters. The van der Waals surface area contributed by atoms with Crippen molar-refractivity contribution in [3.05, 3.63) is 0 Å². The molecule has 0 bridgehead atoms. The van der Waals surface area contributed by atoms with Crippen LogP contribution >= 0.6 is 0 Å². The van der Waals surface area contributed by atoms with Crippen molar-refractivity contribution in [2.24, 2.45) is 11.5 Å². The van der Waals surface area contributed by atoms with E-state index in [0.717, 1.165) is 0 Å². The molecule has 0 rings (SSSR count). The third kappa shape index (κ3) is 4.60. The van der Waals surface area contributed by atoms with Gasteiger partial charge < -0.3 is 4.74 Å². The predicted molar refractivity (Wildman–Crippen MR) is 31.4 cm³/mol. The molecule has 0 spiro atoms. The molecule has 0 aromatic carbocycles. The number of hydrogen-bond acceptors (Lipinski definition) is 2. The second-order valence-corrected chi connectivity index (χ2v) is 1.30. The Morgan fingerprint density at radius 1 is 1.67 bits per heavy atom. The lowest BCUT2D eigenvalue weighted by Crippen LogP contribution is -2.81. The van der Waals surface area contributed by atoms with Gasteiger partial charge in [0.1, 0.15) is 0 Å². The normalized spacial score (nSPS) is 8.11. The van der Waals surface area contributed by atoms with Gasteiger partial charge in [0.15, 0.2) is 0 Å². The lowest BCUT2D eigenvalue weighted by molar-refractivity contribution is -0.370. The van der Waals surface area contributed by atoms with Crippen LogP contribution in [0, 0.1) is 0 Å². The number of nitrogens with two attached hydrogens (primary N) is 2. The van der Waals surface area contributed by atoms with Gasteiger partial charge in [-0.2, -0.15) is 4.99 Å². The summed E-state index contributed by atoms with van der Waals surface area (Å²) in [7, 11) is 0. The fraction of sp³-hybridized carbons (Fsp3) is 0.500. The van der Waals surface area contributed by atoms with Crippen molar-refractivity contribution in [2.75, 3.05) is 6.61 Å². The molecule has 0 atom stereocenters. The first-order valence-corrected chi connectivity index (χ1v) is 2.48. The van der Waals surface area contributed by atoms with E-state index in [9.17, 15) is 4.79 Å². The molecular weight excluding hydrogens is 122 g/mol. The van der Waals surface area contributed by atoms with Gasteiger partial charge in [-0.1, -0.05) is 0 Å². The molecule has 0 saturated carbocycles. The number of rotatable bonds is 1. The van der Waals surface area contributed by atoms with Crippen LogP contribution in [0.4, 0.5) is 4.79 Å². The number of amides is 1. The lowest BCUT2D eigenvalue weighted by Gasteiger charge is -1.90. The van der Waals surface area contributed by atoms with Gasteiger partial charge in [0.25, 0.3) is 0 Å². The monoisotopic (exact) mass is 132 g/mol. The summed E-state index contributed by atoms with van der Waals surface area (Å²) in [5, 5.41) is 0. The van der Waals surface area contributed by atoms with Crippen LogP contribution in [0.2, 0.25) is 0 Å². The minimum atomic E-state index is -0.627. The fourth-order valence-corrected chi connectivity index (χ4v) is 0.285. The number of guanidine groups is 1. The molecule has 0 aliphatic carbocycles. The summed E-state index contributed by atoms with van der Waals surface area (Å²) in [5.74, 6) is -0.159. The molecular formula is C4H10N3O2+. The Hall–Kier alpha value is -1.26.